The third kappa shape index (κ3) is 6.70. The zero-order valence-electron chi connectivity index (χ0n) is 26.6. The molecule has 250 valence electrons. The number of rotatable bonds is 4. The molecular weight excluding hydrogens is 656 g/mol. The second kappa shape index (κ2) is 13.5. The van der Waals surface area contributed by atoms with Gasteiger partial charge in [0.25, 0.3) is 5.91 Å². The van der Waals surface area contributed by atoms with Gasteiger partial charge in [-0.3, -0.25) is 4.79 Å². The minimum absolute atomic E-state index is 0.129. The summed E-state index contributed by atoms with van der Waals surface area (Å²) in [6.45, 7) is 4.68. The molecule has 4 atom stereocenters. The van der Waals surface area contributed by atoms with Crippen molar-refractivity contribution in [2.24, 2.45) is 11.8 Å². The van der Waals surface area contributed by atoms with E-state index in [2.05, 4.69) is 32.8 Å². The molecular formula is C35H41ClN4O5S2. The summed E-state index contributed by atoms with van der Waals surface area (Å²) in [5.41, 5.74) is 6.10. The Kier molecular flexibility index (Phi) is 9.36. The van der Waals surface area contributed by atoms with Gasteiger partial charge < -0.3 is 14.4 Å². The number of nitrogens with one attached hydrogen (secondary N) is 1. The van der Waals surface area contributed by atoms with Crippen molar-refractivity contribution >= 4 is 44.7 Å². The zero-order valence-corrected chi connectivity index (χ0v) is 29.0. The Bertz CT molecular complexity index is 1750. The second-order valence-corrected chi connectivity index (χ2v) is 16.0. The van der Waals surface area contributed by atoms with Crippen LogP contribution in [0.2, 0.25) is 5.02 Å². The lowest BCUT2D eigenvalue weighted by Crippen LogP contribution is -2.49. The number of hydrogen-bond donors (Lipinski definition) is 1. The molecule has 0 saturated heterocycles. The smallest absolute Gasteiger partial charge is 0.304 e. The molecule has 1 aromatic heterocycles. The number of carbonyl (C=O) groups excluding carboxylic acids is 1. The topological polar surface area (TPSA) is 101 Å². The molecule has 1 fully saturated rings. The van der Waals surface area contributed by atoms with Crippen LogP contribution in [0.25, 0.3) is 0 Å². The molecule has 3 heterocycles. The highest BCUT2D eigenvalue weighted by molar-refractivity contribution is 7.87. The molecule has 4 aliphatic rings. The number of amides is 1. The van der Waals surface area contributed by atoms with Crippen LogP contribution in [0.5, 0.6) is 5.75 Å². The normalized spacial score (nSPS) is 28.3. The number of halogens is 1. The van der Waals surface area contributed by atoms with Crippen molar-refractivity contribution < 1.29 is 22.7 Å². The average Bonchev–Trinajstić information content (AvgIpc) is 3.51. The number of thiazole rings is 1. The first-order chi connectivity index (χ1) is 22.7. The molecule has 1 spiro atoms. The number of ether oxygens (including phenoxy) is 2. The number of aromatic nitrogens is 1. The Morgan fingerprint density at radius 3 is 2.89 bits per heavy atom. The van der Waals surface area contributed by atoms with E-state index in [0.29, 0.717) is 37.8 Å². The highest BCUT2D eigenvalue weighted by Crippen LogP contribution is 2.47. The summed E-state index contributed by atoms with van der Waals surface area (Å²) in [4.78, 5) is 20.3. The van der Waals surface area contributed by atoms with Crippen LogP contribution < -0.4 is 14.4 Å². The number of nitrogens with zero attached hydrogens (tertiary/aromatic N) is 3. The Morgan fingerprint density at radius 1 is 1.21 bits per heavy atom. The predicted molar refractivity (Wildman–Crippen MR) is 185 cm³/mol. The molecule has 2 bridgehead atoms. The van der Waals surface area contributed by atoms with Gasteiger partial charge in [-0.15, -0.1) is 11.3 Å². The largest absolute Gasteiger partial charge is 0.490 e. The van der Waals surface area contributed by atoms with Crippen LogP contribution in [0.3, 0.4) is 0 Å². The summed E-state index contributed by atoms with van der Waals surface area (Å²) in [6, 6.07) is 11.5. The fourth-order valence-corrected chi connectivity index (χ4v) is 9.65. The summed E-state index contributed by atoms with van der Waals surface area (Å²) in [5.74, 6) is 0.693. The molecule has 1 saturated carbocycles. The summed E-state index contributed by atoms with van der Waals surface area (Å²) >= 11 is 8.00. The van der Waals surface area contributed by atoms with Crippen molar-refractivity contribution in [1.29, 1.82) is 0 Å². The fourth-order valence-electron chi connectivity index (χ4n) is 7.74. The van der Waals surface area contributed by atoms with Gasteiger partial charge in [0, 0.05) is 47.6 Å². The van der Waals surface area contributed by atoms with Crippen LogP contribution in [-0.4, -0.2) is 62.5 Å². The first kappa shape index (κ1) is 32.6. The first-order valence-electron chi connectivity index (χ1n) is 16.5. The number of aryl methyl sites for hydroxylation is 1. The molecule has 1 N–H and O–H groups in total. The van der Waals surface area contributed by atoms with Crippen molar-refractivity contribution in [3.8, 4) is 5.75 Å². The van der Waals surface area contributed by atoms with Gasteiger partial charge in [0.1, 0.15) is 5.75 Å². The van der Waals surface area contributed by atoms with Gasteiger partial charge in [-0.2, -0.15) is 12.7 Å². The van der Waals surface area contributed by atoms with Gasteiger partial charge in [-0.1, -0.05) is 36.7 Å². The van der Waals surface area contributed by atoms with Gasteiger partial charge in [-0.05, 0) is 91.8 Å². The van der Waals surface area contributed by atoms with E-state index in [1.54, 1.807) is 30.4 Å². The highest BCUT2D eigenvalue weighted by atomic mass is 35.5. The molecule has 3 aromatic rings. The lowest BCUT2D eigenvalue weighted by atomic mass is 9.68. The Labute approximate surface area is 286 Å². The van der Waals surface area contributed by atoms with Crippen LogP contribution >= 0.6 is 22.9 Å². The van der Waals surface area contributed by atoms with Gasteiger partial charge in [-0.25, -0.2) is 9.71 Å². The minimum Gasteiger partial charge on any atom is -0.490 e. The molecule has 0 radical (unpaired) electrons. The average molecular weight is 697 g/mol. The van der Waals surface area contributed by atoms with Crippen molar-refractivity contribution in [3.05, 3.63) is 86.8 Å². The maximum atomic E-state index is 13.5. The Hall–Kier alpha value is -2.96. The second-order valence-electron chi connectivity index (χ2n) is 13.2. The third-order valence-corrected chi connectivity index (χ3v) is 12.8. The first-order valence-corrected chi connectivity index (χ1v) is 19.3. The van der Waals surface area contributed by atoms with E-state index in [1.165, 1.54) is 15.4 Å². The standard InChI is InChI=1S/C35H41ClN4O5S2/c1-2-40-15-4-3-7-32(44-19-28-20-46-23-37-28)29-11-8-26(29)18-39-21-35(14-5-6-24-16-27(36)10-12-30(24)35)22-45-33-13-9-25(17-31(33)39)34(41)38-47(40,42)43/h3,7,9-10,12-13,16-17,20,23,26,29,32H,2,4-6,8,11,14-15,18-19,21-22H2,1H3,(H,38,41)/b7-3-/t26-,29+,32-,35-/m0/s1. The third-order valence-electron chi connectivity index (χ3n) is 10.3. The number of carbonyl (C=O) groups is 1. The number of anilines is 1. The Balaban J connectivity index is 1.28. The molecule has 1 amide bonds. The Morgan fingerprint density at radius 2 is 2.11 bits per heavy atom. The van der Waals surface area contributed by atoms with Crippen molar-refractivity contribution in [1.82, 2.24) is 14.0 Å². The van der Waals surface area contributed by atoms with Crippen LogP contribution in [0, 0.1) is 11.8 Å². The molecule has 9 nitrogen and oxygen atoms in total. The van der Waals surface area contributed by atoms with E-state index in [0.717, 1.165) is 55.1 Å². The maximum Gasteiger partial charge on any atom is 0.304 e. The van der Waals surface area contributed by atoms with E-state index >= 15 is 0 Å². The molecule has 7 rings (SSSR count). The van der Waals surface area contributed by atoms with E-state index in [1.807, 2.05) is 29.1 Å². The van der Waals surface area contributed by atoms with Crippen LogP contribution in [0.4, 0.5) is 5.69 Å². The molecule has 2 aliphatic heterocycles. The number of hydrogen-bond acceptors (Lipinski definition) is 8. The van der Waals surface area contributed by atoms with E-state index in [-0.39, 0.29) is 36.1 Å². The SMILES string of the molecule is CCN1CC/C=C\[C@H](OCc2cscn2)[C@@H]2CC[C@H]2CN2C[C@@]3(CCCc4cc(Cl)ccc43)COc3ccc(cc32)C(=O)NS1(=O)=O. The van der Waals surface area contributed by atoms with Gasteiger partial charge in [0.2, 0.25) is 0 Å². The lowest BCUT2D eigenvalue weighted by molar-refractivity contribution is -0.0235. The van der Waals surface area contributed by atoms with Crippen molar-refractivity contribution in [3.63, 3.8) is 0 Å². The summed E-state index contributed by atoms with van der Waals surface area (Å²) in [7, 11) is -4.06. The number of benzene rings is 2. The zero-order chi connectivity index (χ0) is 32.6. The summed E-state index contributed by atoms with van der Waals surface area (Å²) in [6.07, 6.45) is 9.60. The highest BCUT2D eigenvalue weighted by Gasteiger charge is 2.44. The van der Waals surface area contributed by atoms with Crippen molar-refractivity contribution in [2.75, 3.05) is 37.7 Å². The van der Waals surface area contributed by atoms with Gasteiger partial charge in [0.05, 0.1) is 36.2 Å². The summed E-state index contributed by atoms with van der Waals surface area (Å²) in [5, 5.41) is 2.75. The molecule has 47 heavy (non-hydrogen) atoms. The maximum absolute atomic E-state index is 13.5. The fraction of sp³-hybridized carbons (Fsp3) is 0.486. The monoisotopic (exact) mass is 696 g/mol. The van der Waals surface area contributed by atoms with Crippen LogP contribution in [0.1, 0.15) is 66.2 Å². The van der Waals surface area contributed by atoms with Gasteiger partial charge >= 0.3 is 10.2 Å². The lowest BCUT2D eigenvalue weighted by Gasteiger charge is -2.46. The molecule has 0 unspecified atom stereocenters. The van der Waals surface area contributed by atoms with E-state index < -0.39 is 16.1 Å². The van der Waals surface area contributed by atoms with E-state index in [4.69, 9.17) is 21.1 Å². The quantitative estimate of drug-likeness (QED) is 0.327. The minimum atomic E-state index is -4.06. The number of fused-ring (bicyclic) bond motifs is 4. The van der Waals surface area contributed by atoms with Crippen LogP contribution in [0.15, 0.2) is 59.4 Å². The molecule has 12 heteroatoms. The van der Waals surface area contributed by atoms with Crippen molar-refractivity contribution in [2.45, 2.75) is 63.6 Å². The van der Waals surface area contributed by atoms with Crippen LogP contribution in [-0.2, 0) is 33.4 Å². The predicted octanol–water partition coefficient (Wildman–Crippen LogP) is 6.14. The summed E-state index contributed by atoms with van der Waals surface area (Å²) < 4.78 is 43.4. The van der Waals surface area contributed by atoms with E-state index in [9.17, 15) is 13.2 Å². The molecule has 2 aliphatic carbocycles. The van der Waals surface area contributed by atoms with Gasteiger partial charge in [0.15, 0.2) is 0 Å². The molecule has 2 aromatic carbocycles.